The summed E-state index contributed by atoms with van der Waals surface area (Å²) in [7, 11) is -4.30. The summed E-state index contributed by atoms with van der Waals surface area (Å²) in [6.07, 6.45) is 0. The van der Waals surface area contributed by atoms with Gasteiger partial charge in [-0.3, -0.25) is 14.7 Å². The number of nitrogens with zero attached hydrogens (tertiary/aromatic N) is 1. The molecule has 7 heteroatoms. The van der Waals surface area contributed by atoms with Crippen molar-refractivity contribution in [3.8, 4) is 0 Å². The standard InChI is InChI=1S/C7H7NO5S/c1-5-4-6(8(9)10)2-3-7(5)14(11,12)13/h2-4H,1H3,(H,11,12,13). The van der Waals surface area contributed by atoms with Gasteiger partial charge in [0.2, 0.25) is 0 Å². The molecule has 1 aromatic carbocycles. The molecular weight excluding hydrogens is 210 g/mol. The average molecular weight is 217 g/mol. The van der Waals surface area contributed by atoms with Gasteiger partial charge >= 0.3 is 0 Å². The van der Waals surface area contributed by atoms with E-state index in [9.17, 15) is 18.5 Å². The minimum absolute atomic E-state index is 0.140. The van der Waals surface area contributed by atoms with E-state index in [-0.39, 0.29) is 16.1 Å². The maximum absolute atomic E-state index is 10.7. The molecule has 0 aliphatic rings. The molecule has 0 spiro atoms. The quantitative estimate of drug-likeness (QED) is 0.455. The van der Waals surface area contributed by atoms with E-state index in [0.29, 0.717) is 0 Å². The first-order valence-corrected chi connectivity index (χ1v) is 4.99. The van der Waals surface area contributed by atoms with Crippen LogP contribution in [0.5, 0.6) is 0 Å². The Bertz CT molecular complexity index is 479. The van der Waals surface area contributed by atoms with Crippen LogP contribution in [0.15, 0.2) is 23.1 Å². The molecule has 76 valence electrons. The second-order valence-electron chi connectivity index (χ2n) is 2.68. The Balaban J connectivity index is 3.35. The molecule has 0 saturated heterocycles. The third-order valence-electron chi connectivity index (χ3n) is 1.65. The zero-order chi connectivity index (χ0) is 10.9. The van der Waals surface area contributed by atoms with Crippen LogP contribution in [0.2, 0.25) is 0 Å². The Morgan fingerprint density at radius 3 is 2.36 bits per heavy atom. The minimum Gasteiger partial charge on any atom is -0.282 e. The summed E-state index contributed by atoms with van der Waals surface area (Å²) < 4.78 is 30.1. The molecule has 0 fully saturated rings. The van der Waals surface area contributed by atoms with Gasteiger partial charge < -0.3 is 0 Å². The highest BCUT2D eigenvalue weighted by molar-refractivity contribution is 7.85. The summed E-state index contributed by atoms with van der Waals surface area (Å²) in [5.41, 5.74) is -0.0726. The van der Waals surface area contributed by atoms with Gasteiger partial charge in [-0.1, -0.05) is 0 Å². The second-order valence-corrected chi connectivity index (χ2v) is 4.07. The molecule has 1 N–H and O–H groups in total. The van der Waals surface area contributed by atoms with Crippen LogP contribution < -0.4 is 0 Å². The van der Waals surface area contributed by atoms with Gasteiger partial charge in [0.1, 0.15) is 0 Å². The van der Waals surface area contributed by atoms with E-state index in [4.69, 9.17) is 4.55 Å². The molecule has 0 aliphatic heterocycles. The summed E-state index contributed by atoms with van der Waals surface area (Å²) in [4.78, 5) is 9.35. The fourth-order valence-corrected chi connectivity index (χ4v) is 1.74. The maximum Gasteiger partial charge on any atom is 0.294 e. The Morgan fingerprint density at radius 1 is 1.43 bits per heavy atom. The lowest BCUT2D eigenvalue weighted by Gasteiger charge is -2.00. The fraction of sp³-hybridized carbons (Fsp3) is 0.143. The molecule has 0 unspecified atom stereocenters. The van der Waals surface area contributed by atoms with Crippen molar-refractivity contribution in [2.75, 3.05) is 0 Å². The van der Waals surface area contributed by atoms with Gasteiger partial charge in [0.25, 0.3) is 15.8 Å². The van der Waals surface area contributed by atoms with E-state index >= 15 is 0 Å². The summed E-state index contributed by atoms with van der Waals surface area (Å²) in [6, 6.07) is 3.11. The summed E-state index contributed by atoms with van der Waals surface area (Å²) in [6.45, 7) is 1.37. The molecule has 0 bridgehead atoms. The third-order valence-corrected chi connectivity index (χ3v) is 2.66. The lowest BCUT2D eigenvalue weighted by Crippen LogP contribution is -2.01. The number of nitro benzene ring substituents is 1. The van der Waals surface area contributed by atoms with E-state index in [1.54, 1.807) is 0 Å². The third kappa shape index (κ3) is 2.06. The smallest absolute Gasteiger partial charge is 0.282 e. The monoisotopic (exact) mass is 217 g/mol. The van der Waals surface area contributed by atoms with Crippen molar-refractivity contribution in [1.29, 1.82) is 0 Å². The lowest BCUT2D eigenvalue weighted by atomic mass is 10.2. The number of nitro groups is 1. The summed E-state index contributed by atoms with van der Waals surface area (Å²) in [5.74, 6) is 0. The Morgan fingerprint density at radius 2 is 2.00 bits per heavy atom. The minimum atomic E-state index is -4.30. The molecule has 6 nitrogen and oxygen atoms in total. The lowest BCUT2D eigenvalue weighted by molar-refractivity contribution is -0.385. The maximum atomic E-state index is 10.7. The van der Waals surface area contributed by atoms with Crippen LogP contribution in [0.1, 0.15) is 5.56 Å². The largest absolute Gasteiger partial charge is 0.294 e. The zero-order valence-electron chi connectivity index (χ0n) is 7.17. The molecule has 0 aromatic heterocycles. The predicted molar refractivity (Wildman–Crippen MR) is 47.6 cm³/mol. The number of hydrogen-bond acceptors (Lipinski definition) is 4. The number of non-ortho nitro benzene ring substituents is 1. The Labute approximate surface area is 80.1 Å². The van der Waals surface area contributed by atoms with Crippen molar-refractivity contribution in [1.82, 2.24) is 0 Å². The van der Waals surface area contributed by atoms with Crippen molar-refractivity contribution in [3.05, 3.63) is 33.9 Å². The van der Waals surface area contributed by atoms with Crippen molar-refractivity contribution < 1.29 is 17.9 Å². The molecule has 1 aromatic rings. The molecule has 0 heterocycles. The highest BCUT2D eigenvalue weighted by atomic mass is 32.2. The van der Waals surface area contributed by atoms with Gasteiger partial charge in [0, 0.05) is 12.1 Å². The van der Waals surface area contributed by atoms with Gasteiger partial charge in [-0.05, 0) is 18.6 Å². The average Bonchev–Trinajstić information content (AvgIpc) is 2.01. The van der Waals surface area contributed by atoms with E-state index in [1.807, 2.05) is 0 Å². The molecule has 0 amide bonds. The van der Waals surface area contributed by atoms with Crippen LogP contribution >= 0.6 is 0 Å². The number of benzene rings is 1. The molecule has 0 aliphatic carbocycles. The highest BCUT2D eigenvalue weighted by Crippen LogP contribution is 2.20. The van der Waals surface area contributed by atoms with Gasteiger partial charge in [0.15, 0.2) is 0 Å². The van der Waals surface area contributed by atoms with Gasteiger partial charge in [0.05, 0.1) is 9.82 Å². The van der Waals surface area contributed by atoms with Crippen molar-refractivity contribution >= 4 is 15.8 Å². The predicted octanol–water partition coefficient (Wildman–Crippen LogP) is 1.15. The topological polar surface area (TPSA) is 97.5 Å². The van der Waals surface area contributed by atoms with Crippen molar-refractivity contribution in [2.24, 2.45) is 0 Å². The van der Waals surface area contributed by atoms with Crippen LogP contribution in [0.3, 0.4) is 0 Å². The van der Waals surface area contributed by atoms with Crippen molar-refractivity contribution in [3.63, 3.8) is 0 Å². The van der Waals surface area contributed by atoms with Crippen molar-refractivity contribution in [2.45, 2.75) is 11.8 Å². The normalized spacial score (nSPS) is 11.3. The first kappa shape index (κ1) is 10.6. The number of hydrogen-bond donors (Lipinski definition) is 1. The van der Waals surface area contributed by atoms with E-state index in [2.05, 4.69) is 0 Å². The van der Waals surface area contributed by atoms with E-state index in [1.165, 1.54) is 6.92 Å². The van der Waals surface area contributed by atoms with Crippen LogP contribution in [0, 0.1) is 17.0 Å². The zero-order valence-corrected chi connectivity index (χ0v) is 7.98. The molecule has 0 saturated carbocycles. The first-order valence-electron chi connectivity index (χ1n) is 3.55. The van der Waals surface area contributed by atoms with Crippen LogP contribution in [0.4, 0.5) is 5.69 Å². The van der Waals surface area contributed by atoms with E-state index in [0.717, 1.165) is 18.2 Å². The molecule has 0 atom stereocenters. The number of rotatable bonds is 2. The summed E-state index contributed by atoms with van der Waals surface area (Å²) in [5, 5.41) is 10.3. The number of aryl methyl sites for hydroxylation is 1. The van der Waals surface area contributed by atoms with Crippen LogP contribution in [0.25, 0.3) is 0 Å². The molecule has 14 heavy (non-hydrogen) atoms. The molecule has 1 rings (SSSR count). The summed E-state index contributed by atoms with van der Waals surface area (Å²) >= 11 is 0. The van der Waals surface area contributed by atoms with Crippen LogP contribution in [-0.2, 0) is 10.1 Å². The van der Waals surface area contributed by atoms with Gasteiger partial charge in [-0.2, -0.15) is 8.42 Å². The Hall–Kier alpha value is -1.47. The highest BCUT2D eigenvalue weighted by Gasteiger charge is 2.15. The molecule has 0 radical (unpaired) electrons. The van der Waals surface area contributed by atoms with E-state index < -0.39 is 15.0 Å². The second kappa shape index (κ2) is 3.35. The Kier molecular flexibility index (Phi) is 2.54. The first-order chi connectivity index (χ1) is 6.32. The fourth-order valence-electron chi connectivity index (χ4n) is 1.04. The molecular formula is C7H7NO5S. The SMILES string of the molecule is Cc1cc([N+](=O)[O-])ccc1S(=O)(=O)O. The van der Waals surface area contributed by atoms with Crippen LogP contribution in [-0.4, -0.2) is 17.9 Å². The van der Waals surface area contributed by atoms with Gasteiger partial charge in [-0.25, -0.2) is 0 Å². The van der Waals surface area contributed by atoms with Gasteiger partial charge in [-0.15, -0.1) is 0 Å².